The van der Waals surface area contributed by atoms with Gasteiger partial charge in [0.25, 0.3) is 0 Å². The van der Waals surface area contributed by atoms with Gasteiger partial charge in [0.2, 0.25) is 5.82 Å². The molecule has 1 aromatic carbocycles. The third-order valence-electron chi connectivity index (χ3n) is 2.86. The van der Waals surface area contributed by atoms with Crippen molar-refractivity contribution in [2.24, 2.45) is 0 Å². The molecule has 2 aromatic rings. The molecule has 0 bridgehead atoms. The SMILES string of the molecule is CCOC(=O)c1nccn1Cc1cc(OC)ccc1N. The highest BCUT2D eigenvalue weighted by molar-refractivity contribution is 5.85. The lowest BCUT2D eigenvalue weighted by molar-refractivity contribution is 0.0507. The van der Waals surface area contributed by atoms with Crippen LogP contribution in [0.3, 0.4) is 0 Å². The smallest absolute Gasteiger partial charge is 0.374 e. The summed E-state index contributed by atoms with van der Waals surface area (Å²) in [6, 6.07) is 5.40. The number of nitrogens with zero attached hydrogens (tertiary/aromatic N) is 2. The van der Waals surface area contributed by atoms with Gasteiger partial charge in [0, 0.05) is 18.1 Å². The first kappa shape index (κ1) is 13.9. The molecule has 0 amide bonds. The third kappa shape index (κ3) is 2.90. The molecule has 0 aliphatic carbocycles. The molecular weight excluding hydrogens is 258 g/mol. The Morgan fingerprint density at radius 1 is 1.45 bits per heavy atom. The van der Waals surface area contributed by atoms with Crippen LogP contribution in [-0.4, -0.2) is 29.2 Å². The molecule has 0 radical (unpaired) electrons. The van der Waals surface area contributed by atoms with Crippen molar-refractivity contribution in [3.63, 3.8) is 0 Å². The monoisotopic (exact) mass is 275 g/mol. The zero-order chi connectivity index (χ0) is 14.5. The van der Waals surface area contributed by atoms with Gasteiger partial charge in [-0.05, 0) is 30.7 Å². The van der Waals surface area contributed by atoms with Gasteiger partial charge < -0.3 is 19.8 Å². The summed E-state index contributed by atoms with van der Waals surface area (Å²) in [5.74, 6) is 0.528. The van der Waals surface area contributed by atoms with Crippen LogP contribution >= 0.6 is 0 Å². The Bertz CT molecular complexity index is 607. The molecule has 0 saturated carbocycles. The Morgan fingerprint density at radius 3 is 2.95 bits per heavy atom. The van der Waals surface area contributed by atoms with Crippen LogP contribution in [0.25, 0.3) is 0 Å². The number of imidazole rings is 1. The quantitative estimate of drug-likeness (QED) is 0.663. The zero-order valence-corrected chi connectivity index (χ0v) is 11.5. The highest BCUT2D eigenvalue weighted by Crippen LogP contribution is 2.21. The number of esters is 1. The Morgan fingerprint density at radius 2 is 2.25 bits per heavy atom. The summed E-state index contributed by atoms with van der Waals surface area (Å²) in [6.45, 7) is 2.50. The Balaban J connectivity index is 2.26. The van der Waals surface area contributed by atoms with E-state index in [9.17, 15) is 4.79 Å². The molecule has 1 aromatic heterocycles. The minimum Gasteiger partial charge on any atom is -0.497 e. The minimum atomic E-state index is -0.445. The largest absolute Gasteiger partial charge is 0.497 e. The number of ether oxygens (including phenoxy) is 2. The van der Waals surface area contributed by atoms with E-state index in [-0.39, 0.29) is 5.82 Å². The van der Waals surface area contributed by atoms with Crippen molar-refractivity contribution >= 4 is 11.7 Å². The van der Waals surface area contributed by atoms with E-state index in [1.807, 2.05) is 6.07 Å². The number of anilines is 1. The second-order valence-corrected chi connectivity index (χ2v) is 4.16. The van der Waals surface area contributed by atoms with Gasteiger partial charge in [0.05, 0.1) is 20.3 Å². The third-order valence-corrected chi connectivity index (χ3v) is 2.86. The number of carbonyl (C=O) groups excluding carboxylic acids is 1. The number of methoxy groups -OCH3 is 1. The number of nitrogens with two attached hydrogens (primary N) is 1. The maximum Gasteiger partial charge on any atom is 0.374 e. The summed E-state index contributed by atoms with van der Waals surface area (Å²) >= 11 is 0. The van der Waals surface area contributed by atoms with Crippen LogP contribution in [0.4, 0.5) is 5.69 Å². The highest BCUT2D eigenvalue weighted by Gasteiger charge is 2.14. The maximum atomic E-state index is 11.8. The first-order valence-electron chi connectivity index (χ1n) is 6.26. The molecule has 0 saturated heterocycles. The number of nitrogen functional groups attached to an aromatic ring is 1. The van der Waals surface area contributed by atoms with Crippen molar-refractivity contribution < 1.29 is 14.3 Å². The molecule has 1 heterocycles. The first-order chi connectivity index (χ1) is 9.65. The van der Waals surface area contributed by atoms with Crippen LogP contribution in [-0.2, 0) is 11.3 Å². The molecule has 0 aliphatic heterocycles. The predicted molar refractivity (Wildman–Crippen MR) is 74.7 cm³/mol. The van der Waals surface area contributed by atoms with Gasteiger partial charge in [0.1, 0.15) is 5.75 Å². The molecule has 0 fully saturated rings. The predicted octanol–water partition coefficient (Wildman–Crippen LogP) is 1.70. The van der Waals surface area contributed by atoms with Crippen molar-refractivity contribution in [3.8, 4) is 5.75 Å². The van der Waals surface area contributed by atoms with E-state index >= 15 is 0 Å². The van der Waals surface area contributed by atoms with Gasteiger partial charge in [-0.25, -0.2) is 9.78 Å². The van der Waals surface area contributed by atoms with Gasteiger partial charge in [-0.2, -0.15) is 0 Å². The van der Waals surface area contributed by atoms with Crippen LogP contribution in [0.2, 0.25) is 0 Å². The molecular formula is C14H17N3O3. The number of aromatic nitrogens is 2. The fourth-order valence-electron chi connectivity index (χ4n) is 1.85. The van der Waals surface area contributed by atoms with E-state index in [1.165, 1.54) is 0 Å². The molecule has 20 heavy (non-hydrogen) atoms. The van der Waals surface area contributed by atoms with Crippen molar-refractivity contribution in [1.29, 1.82) is 0 Å². The average Bonchev–Trinajstić information content (AvgIpc) is 2.90. The summed E-state index contributed by atoms with van der Waals surface area (Å²) in [6.07, 6.45) is 3.27. The van der Waals surface area contributed by atoms with Crippen LogP contribution in [0, 0.1) is 0 Å². The summed E-state index contributed by atoms with van der Waals surface area (Å²) < 4.78 is 11.8. The Labute approximate surface area is 117 Å². The number of rotatable bonds is 5. The molecule has 106 valence electrons. The molecule has 0 atom stereocenters. The molecule has 6 nitrogen and oxygen atoms in total. The topological polar surface area (TPSA) is 79.4 Å². The number of carbonyl (C=O) groups is 1. The first-order valence-corrected chi connectivity index (χ1v) is 6.26. The van der Waals surface area contributed by atoms with Crippen molar-refractivity contribution in [2.75, 3.05) is 19.5 Å². The van der Waals surface area contributed by atoms with Crippen LogP contribution < -0.4 is 10.5 Å². The van der Waals surface area contributed by atoms with E-state index in [1.54, 1.807) is 43.1 Å². The standard InChI is InChI=1S/C14H17N3O3/c1-3-20-14(18)13-16-6-7-17(13)9-10-8-11(19-2)4-5-12(10)15/h4-8H,3,9,15H2,1-2H3. The maximum absolute atomic E-state index is 11.8. The average molecular weight is 275 g/mol. The lowest BCUT2D eigenvalue weighted by Crippen LogP contribution is -2.14. The summed E-state index contributed by atoms with van der Waals surface area (Å²) in [7, 11) is 1.59. The second-order valence-electron chi connectivity index (χ2n) is 4.16. The zero-order valence-electron chi connectivity index (χ0n) is 11.5. The van der Waals surface area contributed by atoms with Gasteiger partial charge in [-0.15, -0.1) is 0 Å². The molecule has 0 spiro atoms. The van der Waals surface area contributed by atoms with Crippen LogP contribution in [0.5, 0.6) is 5.75 Å². The van der Waals surface area contributed by atoms with Gasteiger partial charge in [0.15, 0.2) is 0 Å². The molecule has 0 unspecified atom stereocenters. The molecule has 2 N–H and O–H groups in total. The van der Waals surface area contributed by atoms with E-state index in [0.717, 1.165) is 5.56 Å². The Kier molecular flexibility index (Phi) is 4.24. The molecule has 6 heteroatoms. The summed E-state index contributed by atoms with van der Waals surface area (Å²) in [5, 5.41) is 0. The molecule has 2 rings (SSSR count). The van der Waals surface area contributed by atoms with Gasteiger partial charge in [-0.1, -0.05) is 0 Å². The second kappa shape index (κ2) is 6.10. The van der Waals surface area contributed by atoms with E-state index in [0.29, 0.717) is 24.6 Å². The van der Waals surface area contributed by atoms with Gasteiger partial charge in [-0.3, -0.25) is 0 Å². The van der Waals surface area contributed by atoms with Crippen molar-refractivity contribution in [3.05, 3.63) is 42.0 Å². The molecule has 0 aliphatic rings. The fraction of sp³-hybridized carbons (Fsp3) is 0.286. The van der Waals surface area contributed by atoms with E-state index < -0.39 is 5.97 Å². The van der Waals surface area contributed by atoms with Gasteiger partial charge >= 0.3 is 5.97 Å². The number of hydrogen-bond acceptors (Lipinski definition) is 5. The lowest BCUT2D eigenvalue weighted by Gasteiger charge is -2.11. The van der Waals surface area contributed by atoms with Crippen LogP contribution in [0.1, 0.15) is 23.1 Å². The summed E-state index contributed by atoms with van der Waals surface area (Å²) in [4.78, 5) is 15.8. The highest BCUT2D eigenvalue weighted by atomic mass is 16.5. The van der Waals surface area contributed by atoms with Crippen molar-refractivity contribution in [2.45, 2.75) is 13.5 Å². The summed E-state index contributed by atoms with van der Waals surface area (Å²) in [5.41, 5.74) is 7.43. The minimum absolute atomic E-state index is 0.258. The van der Waals surface area contributed by atoms with Crippen molar-refractivity contribution in [1.82, 2.24) is 9.55 Å². The Hall–Kier alpha value is -2.50. The number of hydrogen-bond donors (Lipinski definition) is 1. The fourth-order valence-corrected chi connectivity index (χ4v) is 1.85. The normalized spacial score (nSPS) is 10.3. The number of benzene rings is 1. The van der Waals surface area contributed by atoms with E-state index in [2.05, 4.69) is 4.98 Å². The lowest BCUT2D eigenvalue weighted by atomic mass is 10.1. The van der Waals surface area contributed by atoms with Crippen LogP contribution in [0.15, 0.2) is 30.6 Å². The van der Waals surface area contributed by atoms with E-state index in [4.69, 9.17) is 15.2 Å².